The number of hydrogen-bond donors (Lipinski definition) is 0. The SMILES string of the molecule is c1ccc(-c2cccc(N(c3ccc(-c4cc(-c5nc(-c6ccccc6)nc(-c6ccccc6)n5)c5c(c4)oc4ccccc45)cc3)c3cccc4ccccc34)c2)cc1. The Kier molecular flexibility index (Phi) is 8.75. The zero-order chi connectivity index (χ0) is 39.8. The van der Waals surface area contributed by atoms with Crippen LogP contribution >= 0.6 is 0 Å². The van der Waals surface area contributed by atoms with Crippen LogP contribution in [0.15, 0.2) is 223 Å². The molecule has 5 nitrogen and oxygen atoms in total. The number of para-hydroxylation sites is 1. The summed E-state index contributed by atoms with van der Waals surface area (Å²) < 4.78 is 6.59. The minimum Gasteiger partial charge on any atom is -0.456 e. The van der Waals surface area contributed by atoms with Gasteiger partial charge in [0.2, 0.25) is 0 Å². The molecule has 0 unspecified atom stereocenters. The van der Waals surface area contributed by atoms with E-state index < -0.39 is 0 Å². The number of fused-ring (bicyclic) bond motifs is 4. The van der Waals surface area contributed by atoms with Gasteiger partial charge in [-0.1, -0.05) is 170 Å². The molecule has 0 N–H and O–H groups in total. The van der Waals surface area contributed by atoms with Gasteiger partial charge in [0, 0.05) is 44.2 Å². The van der Waals surface area contributed by atoms with Gasteiger partial charge in [0.05, 0.1) is 5.69 Å². The molecule has 0 bridgehead atoms. The molecule has 0 atom stereocenters. The Morgan fingerprint density at radius 2 is 0.883 bits per heavy atom. The van der Waals surface area contributed by atoms with Gasteiger partial charge in [-0.05, 0) is 76.2 Å². The van der Waals surface area contributed by atoms with Crippen molar-refractivity contribution in [3.8, 4) is 56.4 Å². The van der Waals surface area contributed by atoms with Gasteiger partial charge in [-0.15, -0.1) is 0 Å². The number of furan rings is 1. The molecule has 0 saturated carbocycles. The summed E-state index contributed by atoms with van der Waals surface area (Å²) in [6.07, 6.45) is 0. The predicted octanol–water partition coefficient (Wildman–Crippen LogP) is 14.7. The Balaban J connectivity index is 1.08. The lowest BCUT2D eigenvalue weighted by molar-refractivity contribution is 0.669. The Labute approximate surface area is 347 Å². The van der Waals surface area contributed by atoms with Gasteiger partial charge in [-0.25, -0.2) is 15.0 Å². The topological polar surface area (TPSA) is 55.1 Å². The van der Waals surface area contributed by atoms with Gasteiger partial charge < -0.3 is 9.32 Å². The summed E-state index contributed by atoms with van der Waals surface area (Å²) in [6.45, 7) is 0. The van der Waals surface area contributed by atoms with Crippen LogP contribution in [0.4, 0.5) is 17.1 Å². The van der Waals surface area contributed by atoms with Crippen molar-refractivity contribution in [2.45, 2.75) is 0 Å². The summed E-state index contributed by atoms with van der Waals surface area (Å²) in [5.41, 5.74) is 11.9. The van der Waals surface area contributed by atoms with Crippen LogP contribution in [0.2, 0.25) is 0 Å². The Morgan fingerprint density at radius 3 is 1.60 bits per heavy atom. The van der Waals surface area contributed by atoms with Gasteiger partial charge in [0.1, 0.15) is 11.2 Å². The number of anilines is 3. The second-order valence-corrected chi connectivity index (χ2v) is 14.8. The average Bonchev–Trinajstić information content (AvgIpc) is 3.71. The molecule has 0 saturated heterocycles. The van der Waals surface area contributed by atoms with Crippen LogP contribution in [0.25, 0.3) is 89.1 Å². The van der Waals surface area contributed by atoms with Crippen molar-refractivity contribution in [3.63, 3.8) is 0 Å². The summed E-state index contributed by atoms with van der Waals surface area (Å²) in [5.74, 6) is 1.80. The van der Waals surface area contributed by atoms with Crippen molar-refractivity contribution in [2.24, 2.45) is 0 Å². The minimum absolute atomic E-state index is 0.582. The van der Waals surface area contributed by atoms with E-state index in [9.17, 15) is 0 Å². The van der Waals surface area contributed by atoms with E-state index in [0.717, 1.165) is 72.4 Å². The van der Waals surface area contributed by atoms with Crippen molar-refractivity contribution < 1.29 is 4.42 Å². The van der Waals surface area contributed by atoms with E-state index in [4.69, 9.17) is 19.4 Å². The number of aromatic nitrogens is 3. The van der Waals surface area contributed by atoms with Crippen LogP contribution in [-0.4, -0.2) is 15.0 Å². The first-order chi connectivity index (χ1) is 29.7. The maximum absolute atomic E-state index is 6.59. The van der Waals surface area contributed by atoms with E-state index in [-0.39, 0.29) is 0 Å². The van der Waals surface area contributed by atoms with Crippen LogP contribution in [0.3, 0.4) is 0 Å². The molecule has 0 aliphatic carbocycles. The highest BCUT2D eigenvalue weighted by Gasteiger charge is 2.21. The molecule has 0 aliphatic heterocycles. The van der Waals surface area contributed by atoms with Gasteiger partial charge in [-0.2, -0.15) is 0 Å². The first-order valence-corrected chi connectivity index (χ1v) is 20.1. The fourth-order valence-corrected chi connectivity index (χ4v) is 8.22. The molecule has 0 radical (unpaired) electrons. The second-order valence-electron chi connectivity index (χ2n) is 14.8. The normalized spacial score (nSPS) is 11.3. The van der Waals surface area contributed by atoms with E-state index in [0.29, 0.717) is 17.5 Å². The Morgan fingerprint density at radius 1 is 0.333 bits per heavy atom. The molecule has 0 amide bonds. The van der Waals surface area contributed by atoms with Crippen molar-refractivity contribution >= 4 is 49.8 Å². The monoisotopic (exact) mass is 768 g/mol. The first kappa shape index (κ1) is 35.0. The highest BCUT2D eigenvalue weighted by Crippen LogP contribution is 2.43. The van der Waals surface area contributed by atoms with Crippen molar-refractivity contribution in [1.29, 1.82) is 0 Å². The number of nitrogens with zero attached hydrogens (tertiary/aromatic N) is 4. The molecule has 2 aromatic heterocycles. The van der Waals surface area contributed by atoms with E-state index in [1.807, 2.05) is 78.9 Å². The van der Waals surface area contributed by atoms with Gasteiger partial charge in [0.15, 0.2) is 17.5 Å². The second kappa shape index (κ2) is 15.0. The zero-order valence-electron chi connectivity index (χ0n) is 32.5. The van der Waals surface area contributed by atoms with E-state index >= 15 is 0 Å². The van der Waals surface area contributed by atoms with Crippen LogP contribution in [-0.2, 0) is 0 Å². The van der Waals surface area contributed by atoms with Crippen molar-refractivity contribution in [2.75, 3.05) is 4.90 Å². The van der Waals surface area contributed by atoms with Gasteiger partial charge in [-0.3, -0.25) is 0 Å². The third-order valence-electron chi connectivity index (χ3n) is 11.1. The first-order valence-electron chi connectivity index (χ1n) is 20.1. The lowest BCUT2D eigenvalue weighted by atomic mass is 9.97. The zero-order valence-corrected chi connectivity index (χ0v) is 32.5. The Hall–Kier alpha value is -8.15. The molecule has 11 aromatic rings. The lowest BCUT2D eigenvalue weighted by Gasteiger charge is -2.27. The molecule has 11 rings (SSSR count). The third-order valence-corrected chi connectivity index (χ3v) is 11.1. The molecule has 0 spiro atoms. The number of rotatable bonds is 8. The molecular formula is C55H36N4O. The quantitative estimate of drug-likeness (QED) is 0.154. The molecule has 0 fully saturated rings. The molecule has 5 heteroatoms. The van der Waals surface area contributed by atoms with E-state index in [2.05, 4.69) is 144 Å². The number of hydrogen-bond acceptors (Lipinski definition) is 5. The standard InChI is InChI=1S/C55H36N4O/c1-4-16-37(17-5-1)42-24-14-25-45(34-42)59(49-28-15-23-39-18-10-11-26-46(39)49)44-32-30-38(31-33-44)43-35-48(52-47-27-12-13-29-50(47)60-51(52)36-43)55-57-53(40-19-6-2-7-20-40)56-54(58-55)41-21-8-3-9-22-41/h1-36H. The summed E-state index contributed by atoms with van der Waals surface area (Å²) in [7, 11) is 0. The summed E-state index contributed by atoms with van der Waals surface area (Å²) in [4.78, 5) is 17.6. The third kappa shape index (κ3) is 6.45. The molecule has 60 heavy (non-hydrogen) atoms. The minimum atomic E-state index is 0.582. The van der Waals surface area contributed by atoms with Crippen LogP contribution in [0, 0.1) is 0 Å². The van der Waals surface area contributed by atoms with Crippen LogP contribution < -0.4 is 4.90 Å². The summed E-state index contributed by atoms with van der Waals surface area (Å²) >= 11 is 0. The summed E-state index contributed by atoms with van der Waals surface area (Å²) in [5, 5.41) is 4.34. The largest absolute Gasteiger partial charge is 0.456 e. The molecule has 2 heterocycles. The molecule has 0 aliphatic rings. The highest BCUT2D eigenvalue weighted by atomic mass is 16.3. The van der Waals surface area contributed by atoms with E-state index in [1.54, 1.807) is 0 Å². The van der Waals surface area contributed by atoms with Crippen LogP contribution in [0.1, 0.15) is 0 Å². The highest BCUT2D eigenvalue weighted by molar-refractivity contribution is 6.13. The van der Waals surface area contributed by atoms with Gasteiger partial charge in [0.25, 0.3) is 0 Å². The maximum atomic E-state index is 6.59. The molecule has 9 aromatic carbocycles. The maximum Gasteiger partial charge on any atom is 0.164 e. The Bertz CT molecular complexity index is 3240. The van der Waals surface area contributed by atoms with Gasteiger partial charge >= 0.3 is 0 Å². The average molecular weight is 769 g/mol. The fourth-order valence-electron chi connectivity index (χ4n) is 8.22. The molecule has 282 valence electrons. The predicted molar refractivity (Wildman–Crippen MR) is 246 cm³/mol. The van der Waals surface area contributed by atoms with Crippen molar-refractivity contribution in [3.05, 3.63) is 218 Å². The van der Waals surface area contributed by atoms with Crippen LogP contribution in [0.5, 0.6) is 0 Å². The van der Waals surface area contributed by atoms with Crippen molar-refractivity contribution in [1.82, 2.24) is 15.0 Å². The fraction of sp³-hybridized carbons (Fsp3) is 0. The molecular weight excluding hydrogens is 733 g/mol. The summed E-state index contributed by atoms with van der Waals surface area (Å²) in [6, 6.07) is 75.9. The van der Waals surface area contributed by atoms with E-state index in [1.165, 1.54) is 16.3 Å². The number of benzene rings is 9. The lowest BCUT2D eigenvalue weighted by Crippen LogP contribution is -2.10. The smallest absolute Gasteiger partial charge is 0.164 e.